The number of halogens is 1. The molecule has 100 valence electrons. The van der Waals surface area contributed by atoms with Crippen molar-refractivity contribution in [2.24, 2.45) is 5.92 Å². The molecule has 0 bridgehead atoms. The Balaban J connectivity index is 2.10. The summed E-state index contributed by atoms with van der Waals surface area (Å²) in [5, 5.41) is 4.54. The second-order valence-electron chi connectivity index (χ2n) is 5.42. The molecule has 1 aliphatic carbocycles. The molecule has 1 fully saturated rings. The Morgan fingerprint density at radius 3 is 2.56 bits per heavy atom. The van der Waals surface area contributed by atoms with Crippen LogP contribution < -0.4 is 5.32 Å². The molecule has 0 amide bonds. The van der Waals surface area contributed by atoms with Crippen LogP contribution in [-0.4, -0.2) is 12.6 Å². The van der Waals surface area contributed by atoms with Crippen molar-refractivity contribution in [2.45, 2.75) is 51.5 Å². The Hall–Kier alpha value is -0.530. The predicted molar refractivity (Wildman–Crippen MR) is 79.3 cm³/mol. The molecule has 1 saturated carbocycles. The summed E-state index contributed by atoms with van der Waals surface area (Å²) in [7, 11) is 0. The second kappa shape index (κ2) is 6.58. The Kier molecular flexibility index (Phi) is 5.08. The molecule has 0 saturated heterocycles. The van der Waals surface area contributed by atoms with Gasteiger partial charge in [-0.25, -0.2) is 0 Å². The van der Waals surface area contributed by atoms with Crippen molar-refractivity contribution in [3.63, 3.8) is 0 Å². The van der Waals surface area contributed by atoms with Crippen molar-refractivity contribution in [1.82, 2.24) is 5.32 Å². The highest BCUT2D eigenvalue weighted by atomic mass is 35.5. The Morgan fingerprint density at radius 1 is 1.28 bits per heavy atom. The second-order valence-corrected chi connectivity index (χ2v) is 5.86. The molecule has 1 N–H and O–H groups in total. The molecule has 0 heterocycles. The van der Waals surface area contributed by atoms with Crippen molar-refractivity contribution in [2.75, 3.05) is 6.54 Å². The fourth-order valence-electron chi connectivity index (χ4n) is 2.73. The van der Waals surface area contributed by atoms with Crippen LogP contribution in [0.5, 0.6) is 0 Å². The van der Waals surface area contributed by atoms with E-state index in [1.54, 1.807) is 0 Å². The van der Waals surface area contributed by atoms with Crippen molar-refractivity contribution in [3.8, 4) is 0 Å². The monoisotopic (exact) mass is 265 g/mol. The first kappa shape index (κ1) is 13.9. The maximum atomic E-state index is 6.13. The van der Waals surface area contributed by atoms with Crippen LogP contribution in [0.4, 0.5) is 0 Å². The van der Waals surface area contributed by atoms with Crippen LogP contribution >= 0.6 is 11.6 Å². The van der Waals surface area contributed by atoms with Gasteiger partial charge in [0.25, 0.3) is 0 Å². The Bertz CT molecular complexity index is 369. The summed E-state index contributed by atoms with van der Waals surface area (Å²) in [5.41, 5.74) is 1.39. The quantitative estimate of drug-likeness (QED) is 0.759. The van der Waals surface area contributed by atoms with E-state index >= 15 is 0 Å². The molecule has 1 aliphatic rings. The molecule has 1 aromatic carbocycles. The van der Waals surface area contributed by atoms with Gasteiger partial charge in [0.15, 0.2) is 0 Å². The zero-order chi connectivity index (χ0) is 13.0. The molecular formula is C16H24ClN. The van der Waals surface area contributed by atoms with Crippen molar-refractivity contribution in [1.29, 1.82) is 0 Å². The van der Waals surface area contributed by atoms with Crippen molar-refractivity contribution >= 4 is 11.6 Å². The van der Waals surface area contributed by atoms with Gasteiger partial charge in [0.1, 0.15) is 0 Å². The standard InChI is InChI=1S/C16H24ClN/c1-3-12(4-2)16(11-18-15-8-9-15)13-6-5-7-14(17)10-13/h5-7,10,12,15-16,18H,3-4,8-9,11H2,1-2H3. The molecule has 1 atom stereocenters. The van der Waals surface area contributed by atoms with Crippen LogP contribution in [0.15, 0.2) is 24.3 Å². The van der Waals surface area contributed by atoms with Crippen molar-refractivity contribution in [3.05, 3.63) is 34.9 Å². The van der Waals surface area contributed by atoms with Gasteiger partial charge in [-0.2, -0.15) is 0 Å². The lowest BCUT2D eigenvalue weighted by Gasteiger charge is -2.26. The topological polar surface area (TPSA) is 12.0 Å². The Morgan fingerprint density at radius 2 is 2.00 bits per heavy atom. The average molecular weight is 266 g/mol. The third-order valence-corrected chi connectivity index (χ3v) is 4.33. The zero-order valence-corrected chi connectivity index (χ0v) is 12.2. The first-order chi connectivity index (χ1) is 8.74. The first-order valence-corrected chi connectivity index (χ1v) is 7.61. The van der Waals surface area contributed by atoms with Gasteiger partial charge in [-0.1, -0.05) is 50.4 Å². The molecule has 2 heteroatoms. The average Bonchev–Trinajstić information content (AvgIpc) is 3.18. The van der Waals surface area contributed by atoms with Crippen LogP contribution in [-0.2, 0) is 0 Å². The third-order valence-electron chi connectivity index (χ3n) is 4.10. The van der Waals surface area contributed by atoms with Gasteiger partial charge in [-0.15, -0.1) is 0 Å². The van der Waals surface area contributed by atoms with Gasteiger partial charge in [0, 0.05) is 17.6 Å². The zero-order valence-electron chi connectivity index (χ0n) is 11.5. The van der Waals surface area contributed by atoms with Gasteiger partial charge >= 0.3 is 0 Å². The fourth-order valence-corrected chi connectivity index (χ4v) is 2.93. The summed E-state index contributed by atoms with van der Waals surface area (Å²) in [6.45, 7) is 5.68. The molecule has 1 unspecified atom stereocenters. The molecule has 0 spiro atoms. The van der Waals surface area contributed by atoms with Crippen LogP contribution in [0.25, 0.3) is 0 Å². The van der Waals surface area contributed by atoms with E-state index < -0.39 is 0 Å². The minimum Gasteiger partial charge on any atom is -0.313 e. The largest absolute Gasteiger partial charge is 0.313 e. The SMILES string of the molecule is CCC(CC)C(CNC1CC1)c1cccc(Cl)c1. The molecular weight excluding hydrogens is 242 g/mol. The summed E-state index contributed by atoms with van der Waals surface area (Å²) in [4.78, 5) is 0. The van der Waals surface area contributed by atoms with E-state index in [1.807, 2.05) is 6.07 Å². The van der Waals surface area contributed by atoms with E-state index in [-0.39, 0.29) is 0 Å². The number of nitrogens with one attached hydrogen (secondary N) is 1. The van der Waals surface area contributed by atoms with E-state index in [2.05, 4.69) is 37.4 Å². The van der Waals surface area contributed by atoms with E-state index in [4.69, 9.17) is 11.6 Å². The summed E-state index contributed by atoms with van der Waals surface area (Å²) in [6, 6.07) is 9.18. The normalized spacial score (nSPS) is 17.1. The van der Waals surface area contributed by atoms with Gasteiger partial charge < -0.3 is 5.32 Å². The summed E-state index contributed by atoms with van der Waals surface area (Å²) >= 11 is 6.13. The van der Waals surface area contributed by atoms with E-state index in [0.29, 0.717) is 5.92 Å². The van der Waals surface area contributed by atoms with Gasteiger partial charge in [0.2, 0.25) is 0 Å². The van der Waals surface area contributed by atoms with Gasteiger partial charge in [0.05, 0.1) is 0 Å². The number of hydrogen-bond donors (Lipinski definition) is 1. The minimum absolute atomic E-state index is 0.597. The lowest BCUT2D eigenvalue weighted by molar-refractivity contribution is 0.379. The summed E-state index contributed by atoms with van der Waals surface area (Å²) < 4.78 is 0. The predicted octanol–water partition coefficient (Wildman–Crippen LogP) is 4.61. The first-order valence-electron chi connectivity index (χ1n) is 7.23. The minimum atomic E-state index is 0.597. The maximum absolute atomic E-state index is 6.13. The van der Waals surface area contributed by atoms with Crippen molar-refractivity contribution < 1.29 is 0 Å². The van der Waals surface area contributed by atoms with Crippen LogP contribution in [0.1, 0.15) is 51.0 Å². The molecule has 1 nitrogen and oxygen atoms in total. The fraction of sp³-hybridized carbons (Fsp3) is 0.625. The van der Waals surface area contributed by atoms with Crippen LogP contribution in [0, 0.1) is 5.92 Å². The molecule has 1 aromatic rings. The smallest absolute Gasteiger partial charge is 0.0408 e. The molecule has 0 aliphatic heterocycles. The van der Waals surface area contributed by atoms with Crippen LogP contribution in [0.2, 0.25) is 5.02 Å². The highest BCUT2D eigenvalue weighted by Gasteiger charge is 2.25. The van der Waals surface area contributed by atoms with E-state index in [1.165, 1.54) is 31.2 Å². The van der Waals surface area contributed by atoms with Crippen LogP contribution in [0.3, 0.4) is 0 Å². The summed E-state index contributed by atoms with van der Waals surface area (Å²) in [6.07, 6.45) is 5.18. The number of benzene rings is 1. The Labute approximate surface area is 116 Å². The van der Waals surface area contributed by atoms with E-state index in [9.17, 15) is 0 Å². The number of rotatable bonds is 7. The molecule has 0 radical (unpaired) electrons. The van der Waals surface area contributed by atoms with E-state index in [0.717, 1.165) is 23.5 Å². The third kappa shape index (κ3) is 3.73. The maximum Gasteiger partial charge on any atom is 0.0408 e. The lowest BCUT2D eigenvalue weighted by atomic mass is 9.82. The molecule has 0 aromatic heterocycles. The highest BCUT2D eigenvalue weighted by molar-refractivity contribution is 6.30. The van der Waals surface area contributed by atoms with Gasteiger partial charge in [-0.3, -0.25) is 0 Å². The lowest BCUT2D eigenvalue weighted by Crippen LogP contribution is -2.28. The molecule has 2 rings (SSSR count). The number of hydrogen-bond acceptors (Lipinski definition) is 1. The summed E-state index contributed by atoms with van der Waals surface area (Å²) in [5.74, 6) is 1.34. The highest BCUT2D eigenvalue weighted by Crippen LogP contribution is 2.31. The molecule has 18 heavy (non-hydrogen) atoms. The van der Waals surface area contributed by atoms with Gasteiger partial charge in [-0.05, 0) is 42.4 Å².